The molecule has 3 rings (SSSR count). The Morgan fingerprint density at radius 1 is 1.04 bits per heavy atom. The van der Waals surface area contributed by atoms with Crippen LogP contribution >= 0.6 is 0 Å². The molecule has 1 heterocycles. The van der Waals surface area contributed by atoms with E-state index in [9.17, 15) is 18.4 Å². The Balaban J connectivity index is 1.68. The number of nitrogens with one attached hydrogen (secondary N) is 3. The molecule has 0 spiro atoms. The number of aromatic amines is 1. The van der Waals surface area contributed by atoms with E-state index in [1.165, 1.54) is 30.3 Å². The summed E-state index contributed by atoms with van der Waals surface area (Å²) in [5.74, 6) is -0.344. The lowest BCUT2D eigenvalue weighted by molar-refractivity contribution is -0.0498. The average Bonchev–Trinajstić information content (AvgIpc) is 2.69. The zero-order valence-corrected chi connectivity index (χ0v) is 14.6. The summed E-state index contributed by atoms with van der Waals surface area (Å²) in [5, 5.41) is 5.88. The van der Waals surface area contributed by atoms with E-state index < -0.39 is 6.61 Å². The first-order chi connectivity index (χ1) is 13.5. The molecular formula is C20H17F2N3O3. The number of hydrogen-bond acceptors (Lipinski definition) is 4. The number of alkyl halides is 2. The monoisotopic (exact) mass is 385 g/mol. The fraction of sp³-hybridized carbons (Fsp3) is 0.100. The summed E-state index contributed by atoms with van der Waals surface area (Å²) in [7, 11) is 0. The van der Waals surface area contributed by atoms with Gasteiger partial charge in [-0.2, -0.15) is 8.78 Å². The van der Waals surface area contributed by atoms with Crippen molar-refractivity contribution in [1.82, 2.24) is 4.98 Å². The minimum absolute atomic E-state index is 0.0102. The van der Waals surface area contributed by atoms with Crippen molar-refractivity contribution in [2.75, 3.05) is 10.6 Å². The second-order valence-electron chi connectivity index (χ2n) is 5.82. The lowest BCUT2D eigenvalue weighted by atomic mass is 10.1. The smallest absolute Gasteiger partial charge is 0.387 e. The Kier molecular flexibility index (Phi) is 6.01. The molecule has 0 fully saturated rings. The Morgan fingerprint density at radius 3 is 2.46 bits per heavy atom. The van der Waals surface area contributed by atoms with E-state index >= 15 is 0 Å². The molecule has 0 saturated heterocycles. The van der Waals surface area contributed by atoms with Gasteiger partial charge in [0.15, 0.2) is 0 Å². The normalized spacial score (nSPS) is 10.5. The van der Waals surface area contributed by atoms with E-state index in [-0.39, 0.29) is 17.2 Å². The van der Waals surface area contributed by atoms with Crippen molar-refractivity contribution in [2.24, 2.45) is 0 Å². The molecule has 1 aromatic heterocycles. The second-order valence-corrected chi connectivity index (χ2v) is 5.82. The van der Waals surface area contributed by atoms with Gasteiger partial charge in [0.1, 0.15) is 5.75 Å². The van der Waals surface area contributed by atoms with Gasteiger partial charge in [0.05, 0.1) is 5.56 Å². The quantitative estimate of drug-likeness (QED) is 0.577. The third-order valence-corrected chi connectivity index (χ3v) is 3.84. The van der Waals surface area contributed by atoms with Crippen molar-refractivity contribution in [3.8, 4) is 5.75 Å². The number of rotatable bonds is 7. The lowest BCUT2D eigenvalue weighted by Gasteiger charge is -2.13. The molecule has 6 nitrogen and oxygen atoms in total. The molecule has 8 heteroatoms. The van der Waals surface area contributed by atoms with Gasteiger partial charge >= 0.3 is 6.61 Å². The summed E-state index contributed by atoms with van der Waals surface area (Å²) in [5.41, 5.74) is 2.14. The van der Waals surface area contributed by atoms with E-state index in [2.05, 4.69) is 20.4 Å². The SMILES string of the molecule is O=C(Nc1ccc(OC(F)F)cc1)c1ccccc1NCc1ccc(=O)[nH]c1. The van der Waals surface area contributed by atoms with Gasteiger partial charge in [-0.1, -0.05) is 18.2 Å². The number of amides is 1. The Morgan fingerprint density at radius 2 is 1.79 bits per heavy atom. The van der Waals surface area contributed by atoms with Crippen LogP contribution in [0.15, 0.2) is 71.7 Å². The first-order valence-corrected chi connectivity index (χ1v) is 8.38. The third-order valence-electron chi connectivity index (χ3n) is 3.84. The van der Waals surface area contributed by atoms with Crippen molar-refractivity contribution in [1.29, 1.82) is 0 Å². The molecule has 3 N–H and O–H groups in total. The van der Waals surface area contributed by atoms with Crippen LogP contribution in [-0.2, 0) is 6.54 Å². The van der Waals surface area contributed by atoms with Crippen LogP contribution in [0.3, 0.4) is 0 Å². The summed E-state index contributed by atoms with van der Waals surface area (Å²) in [6, 6.07) is 15.7. The number of carbonyl (C=O) groups excluding carboxylic acids is 1. The predicted molar refractivity (Wildman–Crippen MR) is 102 cm³/mol. The summed E-state index contributed by atoms with van der Waals surface area (Å²) in [6.07, 6.45) is 1.60. The highest BCUT2D eigenvalue weighted by molar-refractivity contribution is 6.08. The number of hydrogen-bond donors (Lipinski definition) is 3. The molecule has 3 aromatic rings. The molecule has 0 atom stereocenters. The van der Waals surface area contributed by atoms with Crippen LogP contribution in [0.4, 0.5) is 20.2 Å². The Hall–Kier alpha value is -3.68. The number of ether oxygens (including phenoxy) is 1. The lowest BCUT2D eigenvalue weighted by Crippen LogP contribution is -2.15. The Labute approximate surface area is 159 Å². The number of H-pyrrole nitrogens is 1. The molecule has 2 aromatic carbocycles. The molecule has 0 radical (unpaired) electrons. The first kappa shape index (κ1) is 19.1. The number of benzene rings is 2. The molecule has 0 aliphatic rings. The second kappa shape index (κ2) is 8.81. The maximum atomic E-state index is 12.6. The zero-order valence-electron chi connectivity index (χ0n) is 14.6. The number of carbonyl (C=O) groups is 1. The van der Waals surface area contributed by atoms with Gasteiger partial charge in [-0.05, 0) is 42.0 Å². The van der Waals surface area contributed by atoms with E-state index in [1.807, 2.05) is 0 Å². The fourth-order valence-corrected chi connectivity index (χ4v) is 2.50. The largest absolute Gasteiger partial charge is 0.435 e. The maximum Gasteiger partial charge on any atom is 0.387 e. The fourth-order valence-electron chi connectivity index (χ4n) is 2.50. The highest BCUT2D eigenvalue weighted by Crippen LogP contribution is 2.21. The average molecular weight is 385 g/mol. The molecule has 144 valence electrons. The number of aromatic nitrogens is 1. The van der Waals surface area contributed by atoms with Crippen molar-refractivity contribution < 1.29 is 18.3 Å². The highest BCUT2D eigenvalue weighted by atomic mass is 19.3. The summed E-state index contributed by atoms with van der Waals surface area (Å²) in [4.78, 5) is 26.3. The topological polar surface area (TPSA) is 83.2 Å². The van der Waals surface area contributed by atoms with Crippen LogP contribution in [0.2, 0.25) is 0 Å². The molecule has 0 saturated carbocycles. The van der Waals surface area contributed by atoms with Gasteiger partial charge in [0, 0.05) is 30.2 Å². The van der Waals surface area contributed by atoms with Crippen molar-refractivity contribution in [3.63, 3.8) is 0 Å². The van der Waals surface area contributed by atoms with Crippen molar-refractivity contribution in [2.45, 2.75) is 13.2 Å². The molecule has 1 amide bonds. The molecule has 0 aliphatic heterocycles. The van der Waals surface area contributed by atoms with Crippen LogP contribution in [0.25, 0.3) is 0 Å². The molecule has 28 heavy (non-hydrogen) atoms. The van der Waals surface area contributed by atoms with E-state index in [4.69, 9.17) is 0 Å². The van der Waals surface area contributed by atoms with Crippen LogP contribution in [0.5, 0.6) is 5.75 Å². The maximum absolute atomic E-state index is 12.6. The summed E-state index contributed by atoms with van der Waals surface area (Å²) >= 11 is 0. The number of anilines is 2. The van der Waals surface area contributed by atoms with Gasteiger partial charge < -0.3 is 20.4 Å². The van der Waals surface area contributed by atoms with Crippen LogP contribution in [0.1, 0.15) is 15.9 Å². The van der Waals surface area contributed by atoms with Crippen molar-refractivity contribution >= 4 is 17.3 Å². The number of halogens is 2. The minimum Gasteiger partial charge on any atom is -0.435 e. The molecule has 0 aliphatic carbocycles. The van der Waals surface area contributed by atoms with Crippen LogP contribution < -0.4 is 20.9 Å². The zero-order chi connectivity index (χ0) is 19.9. The Bertz CT molecular complexity index is 984. The first-order valence-electron chi connectivity index (χ1n) is 8.38. The van der Waals surface area contributed by atoms with Gasteiger partial charge in [-0.25, -0.2) is 0 Å². The van der Waals surface area contributed by atoms with Gasteiger partial charge in [-0.3, -0.25) is 9.59 Å². The standard InChI is InChI=1S/C20H17F2N3O3/c21-20(22)28-15-8-6-14(7-9-15)25-19(27)16-3-1-2-4-17(16)23-11-13-5-10-18(26)24-12-13/h1-10,12,20,23H,11H2,(H,24,26)(H,25,27). The predicted octanol–water partition coefficient (Wildman–Crippen LogP) is 3.84. The van der Waals surface area contributed by atoms with Gasteiger partial charge in [0.25, 0.3) is 5.91 Å². The summed E-state index contributed by atoms with van der Waals surface area (Å²) < 4.78 is 28.7. The number of para-hydroxylation sites is 1. The third kappa shape index (κ3) is 5.16. The minimum atomic E-state index is -2.90. The number of pyridine rings is 1. The molecular weight excluding hydrogens is 368 g/mol. The van der Waals surface area contributed by atoms with Crippen molar-refractivity contribution in [3.05, 3.63) is 88.3 Å². The van der Waals surface area contributed by atoms with Crippen LogP contribution in [0, 0.1) is 0 Å². The van der Waals surface area contributed by atoms with E-state index in [0.29, 0.717) is 23.5 Å². The highest BCUT2D eigenvalue weighted by Gasteiger charge is 2.12. The summed E-state index contributed by atoms with van der Waals surface area (Å²) in [6.45, 7) is -2.48. The van der Waals surface area contributed by atoms with E-state index in [1.54, 1.807) is 36.5 Å². The van der Waals surface area contributed by atoms with Gasteiger partial charge in [0.2, 0.25) is 5.56 Å². The van der Waals surface area contributed by atoms with Gasteiger partial charge in [-0.15, -0.1) is 0 Å². The molecule has 0 unspecified atom stereocenters. The van der Waals surface area contributed by atoms with E-state index in [0.717, 1.165) is 5.56 Å². The molecule has 0 bridgehead atoms. The van der Waals surface area contributed by atoms with Crippen LogP contribution in [-0.4, -0.2) is 17.5 Å².